The van der Waals surface area contributed by atoms with Crippen molar-refractivity contribution in [1.29, 1.82) is 0 Å². The Balaban J connectivity index is 2.08. The van der Waals surface area contributed by atoms with E-state index in [1.165, 1.54) is 11.0 Å². The zero-order valence-corrected chi connectivity index (χ0v) is 9.89. The summed E-state index contributed by atoms with van der Waals surface area (Å²) in [7, 11) is 0. The number of anilines is 1. The van der Waals surface area contributed by atoms with E-state index in [1.807, 2.05) is 4.90 Å². The summed E-state index contributed by atoms with van der Waals surface area (Å²) in [6, 6.07) is 4.94. The Bertz CT molecular complexity index is 431. The van der Waals surface area contributed by atoms with Crippen molar-refractivity contribution in [3.05, 3.63) is 23.2 Å². The first kappa shape index (κ1) is 11.9. The number of hydrogen-bond acceptors (Lipinski definition) is 3. The third kappa shape index (κ3) is 2.55. The zero-order valence-electron chi connectivity index (χ0n) is 9.14. The van der Waals surface area contributed by atoms with Crippen LogP contribution in [0.5, 0.6) is 5.75 Å². The van der Waals surface area contributed by atoms with Crippen molar-refractivity contribution in [2.45, 2.75) is 0 Å². The molecule has 1 aliphatic rings. The van der Waals surface area contributed by atoms with Gasteiger partial charge in [0, 0.05) is 37.3 Å². The van der Waals surface area contributed by atoms with Crippen LogP contribution in [-0.4, -0.2) is 47.4 Å². The first-order valence-electron chi connectivity index (χ1n) is 5.29. The van der Waals surface area contributed by atoms with Crippen LogP contribution in [0.4, 0.5) is 10.5 Å². The van der Waals surface area contributed by atoms with Crippen LogP contribution in [0.3, 0.4) is 0 Å². The Morgan fingerprint density at radius 1 is 1.24 bits per heavy atom. The standard InChI is InChI=1S/C11H13ClN2O3/c12-8-1-2-9(10(15)7-8)13-3-5-14(6-4-13)11(16)17/h1-2,7,15H,3-6H2,(H,16,17). The van der Waals surface area contributed by atoms with Gasteiger partial charge in [0.15, 0.2) is 0 Å². The third-order valence-electron chi connectivity index (χ3n) is 2.83. The molecule has 2 N–H and O–H groups in total. The molecular weight excluding hydrogens is 244 g/mol. The van der Waals surface area contributed by atoms with Gasteiger partial charge in [-0.15, -0.1) is 0 Å². The highest BCUT2D eigenvalue weighted by molar-refractivity contribution is 6.30. The second-order valence-electron chi connectivity index (χ2n) is 3.89. The maximum atomic E-state index is 10.7. The highest BCUT2D eigenvalue weighted by Gasteiger charge is 2.21. The lowest BCUT2D eigenvalue weighted by Gasteiger charge is -2.34. The predicted octanol–water partition coefficient (Wildman–Crippen LogP) is 1.85. The third-order valence-corrected chi connectivity index (χ3v) is 3.06. The van der Waals surface area contributed by atoms with Crippen molar-refractivity contribution in [2.75, 3.05) is 31.1 Å². The summed E-state index contributed by atoms with van der Waals surface area (Å²) in [6.45, 7) is 2.03. The van der Waals surface area contributed by atoms with Gasteiger partial charge in [-0.1, -0.05) is 11.6 Å². The number of aromatic hydroxyl groups is 1. The van der Waals surface area contributed by atoms with Crippen molar-refractivity contribution in [2.24, 2.45) is 0 Å². The molecule has 0 atom stereocenters. The van der Waals surface area contributed by atoms with Crippen LogP contribution in [0.1, 0.15) is 0 Å². The minimum Gasteiger partial charge on any atom is -0.506 e. The van der Waals surface area contributed by atoms with E-state index in [4.69, 9.17) is 16.7 Å². The summed E-state index contributed by atoms with van der Waals surface area (Å²) in [4.78, 5) is 14.1. The summed E-state index contributed by atoms with van der Waals surface area (Å²) in [5.41, 5.74) is 0.694. The first-order chi connectivity index (χ1) is 8.08. The predicted molar refractivity (Wildman–Crippen MR) is 64.9 cm³/mol. The van der Waals surface area contributed by atoms with Crippen molar-refractivity contribution in [3.8, 4) is 5.75 Å². The van der Waals surface area contributed by atoms with E-state index in [-0.39, 0.29) is 5.75 Å². The molecule has 1 aromatic carbocycles. The zero-order chi connectivity index (χ0) is 12.4. The van der Waals surface area contributed by atoms with Crippen LogP contribution in [0.15, 0.2) is 18.2 Å². The van der Waals surface area contributed by atoms with Crippen molar-refractivity contribution in [1.82, 2.24) is 4.90 Å². The van der Waals surface area contributed by atoms with Gasteiger partial charge in [-0.25, -0.2) is 4.79 Å². The van der Waals surface area contributed by atoms with Gasteiger partial charge < -0.3 is 20.0 Å². The molecule has 17 heavy (non-hydrogen) atoms. The number of hydrogen-bond donors (Lipinski definition) is 2. The lowest BCUT2D eigenvalue weighted by molar-refractivity contribution is 0.142. The molecule has 0 radical (unpaired) electrons. The van der Waals surface area contributed by atoms with E-state index in [0.29, 0.717) is 36.9 Å². The van der Waals surface area contributed by atoms with E-state index in [2.05, 4.69) is 0 Å². The molecule has 0 aliphatic carbocycles. The van der Waals surface area contributed by atoms with Crippen LogP contribution in [-0.2, 0) is 0 Å². The summed E-state index contributed by atoms with van der Waals surface area (Å²) < 4.78 is 0. The molecule has 1 amide bonds. The Kier molecular flexibility index (Phi) is 3.28. The highest BCUT2D eigenvalue weighted by atomic mass is 35.5. The monoisotopic (exact) mass is 256 g/mol. The number of rotatable bonds is 1. The molecule has 5 nitrogen and oxygen atoms in total. The summed E-state index contributed by atoms with van der Waals surface area (Å²) in [6.07, 6.45) is -0.898. The molecule has 1 aliphatic heterocycles. The molecule has 0 saturated carbocycles. The van der Waals surface area contributed by atoms with Gasteiger partial charge in [-0.05, 0) is 12.1 Å². The normalized spacial score (nSPS) is 16.1. The topological polar surface area (TPSA) is 64.0 Å². The van der Waals surface area contributed by atoms with Crippen LogP contribution in [0, 0.1) is 0 Å². The van der Waals surface area contributed by atoms with Crippen molar-refractivity contribution < 1.29 is 15.0 Å². The molecule has 1 saturated heterocycles. The lowest BCUT2D eigenvalue weighted by Crippen LogP contribution is -2.48. The van der Waals surface area contributed by atoms with E-state index in [9.17, 15) is 9.90 Å². The fourth-order valence-electron chi connectivity index (χ4n) is 1.90. The fraction of sp³-hybridized carbons (Fsp3) is 0.364. The molecule has 6 heteroatoms. The average Bonchev–Trinajstić information content (AvgIpc) is 2.29. The SMILES string of the molecule is O=C(O)N1CCN(c2ccc(Cl)cc2O)CC1. The maximum absolute atomic E-state index is 10.7. The molecule has 0 spiro atoms. The minimum absolute atomic E-state index is 0.126. The smallest absolute Gasteiger partial charge is 0.407 e. The molecule has 1 fully saturated rings. The Morgan fingerprint density at radius 2 is 1.88 bits per heavy atom. The van der Waals surface area contributed by atoms with Crippen molar-refractivity contribution in [3.63, 3.8) is 0 Å². The first-order valence-corrected chi connectivity index (χ1v) is 5.67. The van der Waals surface area contributed by atoms with Crippen LogP contribution in [0.25, 0.3) is 0 Å². The van der Waals surface area contributed by atoms with Crippen LogP contribution < -0.4 is 4.90 Å². The molecular formula is C11H13ClN2O3. The highest BCUT2D eigenvalue weighted by Crippen LogP contribution is 2.30. The number of piperazine rings is 1. The van der Waals surface area contributed by atoms with Gasteiger partial charge in [0.25, 0.3) is 0 Å². The molecule has 92 valence electrons. The number of benzene rings is 1. The summed E-state index contributed by atoms with van der Waals surface area (Å²) in [5, 5.41) is 19.1. The molecule has 1 heterocycles. The summed E-state index contributed by atoms with van der Waals surface area (Å²) in [5.74, 6) is 0.126. The number of halogens is 1. The second-order valence-corrected chi connectivity index (χ2v) is 4.33. The number of phenols is 1. The minimum atomic E-state index is -0.898. The Labute approximate surface area is 104 Å². The number of amides is 1. The van der Waals surface area contributed by atoms with Gasteiger partial charge in [-0.2, -0.15) is 0 Å². The molecule has 0 aromatic heterocycles. The lowest BCUT2D eigenvalue weighted by atomic mass is 10.2. The van der Waals surface area contributed by atoms with E-state index >= 15 is 0 Å². The van der Waals surface area contributed by atoms with E-state index in [0.717, 1.165) is 0 Å². The molecule has 1 aromatic rings. The van der Waals surface area contributed by atoms with Gasteiger partial charge in [0.05, 0.1) is 5.69 Å². The summed E-state index contributed by atoms with van der Waals surface area (Å²) >= 11 is 5.76. The van der Waals surface area contributed by atoms with Crippen molar-refractivity contribution >= 4 is 23.4 Å². The van der Waals surface area contributed by atoms with Crippen LogP contribution >= 0.6 is 11.6 Å². The second kappa shape index (κ2) is 4.71. The van der Waals surface area contributed by atoms with Gasteiger partial charge >= 0.3 is 6.09 Å². The number of nitrogens with zero attached hydrogens (tertiary/aromatic N) is 2. The fourth-order valence-corrected chi connectivity index (χ4v) is 2.07. The van der Waals surface area contributed by atoms with Gasteiger partial charge in [0.2, 0.25) is 0 Å². The van der Waals surface area contributed by atoms with Gasteiger partial charge in [-0.3, -0.25) is 0 Å². The van der Waals surface area contributed by atoms with E-state index in [1.54, 1.807) is 12.1 Å². The largest absolute Gasteiger partial charge is 0.506 e. The van der Waals surface area contributed by atoms with E-state index < -0.39 is 6.09 Å². The van der Waals surface area contributed by atoms with Crippen LogP contribution in [0.2, 0.25) is 5.02 Å². The molecule has 0 bridgehead atoms. The number of carbonyl (C=O) groups is 1. The average molecular weight is 257 g/mol. The Morgan fingerprint density at radius 3 is 2.41 bits per heavy atom. The maximum Gasteiger partial charge on any atom is 0.407 e. The quantitative estimate of drug-likeness (QED) is 0.805. The number of carboxylic acid groups (broad SMARTS) is 1. The van der Waals surface area contributed by atoms with Gasteiger partial charge in [0.1, 0.15) is 5.75 Å². The Hall–Kier alpha value is -1.62. The number of phenolic OH excluding ortho intramolecular Hbond substituents is 1. The molecule has 0 unspecified atom stereocenters. The molecule has 2 rings (SSSR count).